The molecule has 0 amide bonds. The summed E-state index contributed by atoms with van der Waals surface area (Å²) in [5, 5.41) is 8.29. The van der Waals surface area contributed by atoms with Crippen LogP contribution < -0.4 is 5.19 Å². The molecule has 0 saturated carbocycles. The van der Waals surface area contributed by atoms with Crippen LogP contribution in [0.4, 0.5) is 0 Å². The standard InChI is InChI=1S/C49H46NSSi2/c1-52-43-17-10-15-41(47(43)48-44(52)27-26-39-37-13-6-8-16-42(37)51-49(39)48)50(36-25-28-46-40(30-36)38-14-7-9-18-45(38)53(46,2)3)35-23-21-32(22-24-35)34-20-19-31-11-4-5-12-33(31)29-34/h4-8,10-17,19-21,23-24,26-30,32,36-37,42-43,47H,9,18,22,25H2,1-3H3. The molecule has 5 aliphatic carbocycles. The number of hydrogen-bond acceptors (Lipinski definition) is 2. The molecule has 0 fully saturated rings. The van der Waals surface area contributed by atoms with Gasteiger partial charge in [0.2, 0.25) is 0 Å². The molecule has 0 bridgehead atoms. The van der Waals surface area contributed by atoms with E-state index >= 15 is 0 Å². The molecule has 0 aromatic heterocycles. The minimum absolute atomic E-state index is 0.279. The fourth-order valence-electron chi connectivity index (χ4n) is 11.0. The fourth-order valence-corrected chi connectivity index (χ4v) is 18.8. The SMILES string of the molecule is C[Si]1c2ccc3c(c2C2C(N(C4=CCC(c5ccc6ccccc6c5)C=C4)C4C=C5C(=CC4)[Si](C)(C)C4=C5C=CCC4)=CC=CC21)SC1C=CC=CC31. The molecule has 4 heteroatoms. The van der Waals surface area contributed by atoms with E-state index in [0.29, 0.717) is 28.5 Å². The molecule has 0 spiro atoms. The van der Waals surface area contributed by atoms with Gasteiger partial charge < -0.3 is 4.90 Å². The van der Waals surface area contributed by atoms with E-state index in [1.54, 1.807) is 42.7 Å². The van der Waals surface area contributed by atoms with E-state index in [2.05, 4.69) is 176 Å². The van der Waals surface area contributed by atoms with E-state index in [1.807, 2.05) is 0 Å². The first-order chi connectivity index (χ1) is 26.0. The van der Waals surface area contributed by atoms with Crippen LogP contribution in [0.2, 0.25) is 25.2 Å². The Kier molecular flexibility index (Phi) is 7.45. The molecule has 1 nitrogen and oxygen atoms in total. The largest absolute Gasteiger partial charge is 0.338 e. The van der Waals surface area contributed by atoms with Crippen molar-refractivity contribution in [3.8, 4) is 0 Å². The van der Waals surface area contributed by atoms with Gasteiger partial charge in [0.25, 0.3) is 0 Å². The van der Waals surface area contributed by atoms with Crippen molar-refractivity contribution in [1.82, 2.24) is 4.90 Å². The van der Waals surface area contributed by atoms with Crippen molar-refractivity contribution in [3.63, 3.8) is 0 Å². The third kappa shape index (κ3) is 4.87. The molecule has 0 saturated heterocycles. The zero-order valence-electron chi connectivity index (χ0n) is 30.9. The molecule has 0 N–H and O–H groups in total. The first kappa shape index (κ1) is 32.3. The Hall–Kier alpha value is -4.10. The maximum absolute atomic E-state index is 2.82. The summed E-state index contributed by atoms with van der Waals surface area (Å²) in [5.41, 5.74) is 11.2. The van der Waals surface area contributed by atoms with Gasteiger partial charge in [-0.25, -0.2) is 0 Å². The second-order valence-corrected chi connectivity index (χ2v) is 24.9. The predicted octanol–water partition coefficient (Wildman–Crippen LogP) is 11.8. The van der Waals surface area contributed by atoms with Crippen LogP contribution in [0.5, 0.6) is 0 Å². The van der Waals surface area contributed by atoms with Gasteiger partial charge in [0.1, 0.15) is 8.07 Å². The summed E-state index contributed by atoms with van der Waals surface area (Å²) in [6, 6.07) is 21.2. The van der Waals surface area contributed by atoms with Crippen LogP contribution >= 0.6 is 11.8 Å². The second kappa shape index (κ2) is 12.2. The van der Waals surface area contributed by atoms with Crippen molar-refractivity contribution in [1.29, 1.82) is 0 Å². The smallest absolute Gasteiger partial charge is 0.108 e. The molecule has 6 atom stereocenters. The summed E-state index contributed by atoms with van der Waals surface area (Å²) in [6.07, 6.45) is 39.3. The second-order valence-electron chi connectivity index (χ2n) is 16.8. The first-order valence-corrected chi connectivity index (χ1v) is 25.8. The number of allylic oxidation sites excluding steroid dienone is 16. The number of hydrogen-bond donors (Lipinski definition) is 0. The Morgan fingerprint density at radius 2 is 1.75 bits per heavy atom. The predicted molar refractivity (Wildman–Crippen MR) is 230 cm³/mol. The minimum Gasteiger partial charge on any atom is -0.338 e. The summed E-state index contributed by atoms with van der Waals surface area (Å²) in [5.74, 6) is 1.26. The number of rotatable bonds is 4. The fraction of sp³-hybridized carbons (Fsp3) is 0.265. The third-order valence-corrected chi connectivity index (χ3v) is 21.8. The van der Waals surface area contributed by atoms with Gasteiger partial charge >= 0.3 is 0 Å². The van der Waals surface area contributed by atoms with Gasteiger partial charge in [0.05, 0.1) is 14.8 Å². The Morgan fingerprint density at radius 3 is 2.64 bits per heavy atom. The zero-order valence-corrected chi connectivity index (χ0v) is 33.7. The molecule has 261 valence electrons. The van der Waals surface area contributed by atoms with E-state index < -0.39 is 16.9 Å². The van der Waals surface area contributed by atoms with Gasteiger partial charge in [0.15, 0.2) is 0 Å². The monoisotopic (exact) mass is 736 g/mol. The van der Waals surface area contributed by atoms with Gasteiger partial charge in [-0.3, -0.25) is 0 Å². The summed E-state index contributed by atoms with van der Waals surface area (Å²) in [7, 11) is -2.42. The third-order valence-electron chi connectivity index (χ3n) is 13.7. The summed E-state index contributed by atoms with van der Waals surface area (Å²) in [6.45, 7) is 7.79. The molecular formula is C49H46NSSi2. The average molecular weight is 737 g/mol. The minimum atomic E-state index is -1.64. The van der Waals surface area contributed by atoms with Gasteiger partial charge in [-0.2, -0.15) is 0 Å². The van der Waals surface area contributed by atoms with E-state index in [1.165, 1.54) is 40.6 Å². The molecule has 3 heterocycles. The lowest BCUT2D eigenvalue weighted by Gasteiger charge is -2.42. The maximum atomic E-state index is 2.82. The van der Waals surface area contributed by atoms with Crippen LogP contribution in [0, 0.1) is 0 Å². The number of benzene rings is 3. The average Bonchev–Trinajstić information content (AvgIpc) is 3.80. The van der Waals surface area contributed by atoms with Crippen molar-refractivity contribution in [3.05, 3.63) is 189 Å². The molecule has 6 unspecified atom stereocenters. The summed E-state index contributed by atoms with van der Waals surface area (Å²) in [4.78, 5) is 4.41. The van der Waals surface area contributed by atoms with E-state index in [0.717, 1.165) is 12.8 Å². The normalized spacial score (nSPS) is 29.9. The molecule has 3 aromatic carbocycles. The van der Waals surface area contributed by atoms with Crippen molar-refractivity contribution in [2.75, 3.05) is 0 Å². The lowest BCUT2D eigenvalue weighted by molar-refractivity contribution is 0.342. The van der Waals surface area contributed by atoms with Gasteiger partial charge in [-0.15, -0.1) is 11.8 Å². The molecular weight excluding hydrogens is 691 g/mol. The van der Waals surface area contributed by atoms with Crippen LogP contribution in [-0.2, 0) is 0 Å². The van der Waals surface area contributed by atoms with E-state index in [-0.39, 0.29) is 6.04 Å². The quantitative estimate of drug-likeness (QED) is 0.245. The Labute approximate surface area is 322 Å². The lowest BCUT2D eigenvalue weighted by Crippen LogP contribution is -2.38. The lowest BCUT2D eigenvalue weighted by atomic mass is 9.83. The van der Waals surface area contributed by atoms with Crippen LogP contribution in [0.1, 0.15) is 60.1 Å². The van der Waals surface area contributed by atoms with Crippen LogP contribution in [0.3, 0.4) is 0 Å². The van der Waals surface area contributed by atoms with Crippen molar-refractivity contribution in [2.45, 2.75) is 84.8 Å². The van der Waals surface area contributed by atoms with E-state index in [9.17, 15) is 0 Å². The van der Waals surface area contributed by atoms with Crippen LogP contribution in [-0.4, -0.2) is 33.1 Å². The number of nitrogens with zero attached hydrogens (tertiary/aromatic N) is 1. The molecule has 3 aromatic rings. The highest BCUT2D eigenvalue weighted by molar-refractivity contribution is 8.00. The Balaban J connectivity index is 1.02. The van der Waals surface area contributed by atoms with Gasteiger partial charge in [0, 0.05) is 39.3 Å². The van der Waals surface area contributed by atoms with Crippen LogP contribution in [0.15, 0.2) is 177 Å². The van der Waals surface area contributed by atoms with Crippen molar-refractivity contribution in [2.24, 2.45) is 0 Å². The molecule has 1 radical (unpaired) electrons. The number of fused-ring (bicyclic) bond motifs is 10. The maximum Gasteiger partial charge on any atom is 0.108 e. The topological polar surface area (TPSA) is 3.24 Å². The van der Waals surface area contributed by atoms with Gasteiger partial charge in [-0.05, 0) is 82.0 Å². The van der Waals surface area contributed by atoms with Crippen LogP contribution in [0.25, 0.3) is 10.8 Å². The van der Waals surface area contributed by atoms with E-state index in [4.69, 9.17) is 0 Å². The first-order valence-electron chi connectivity index (χ1n) is 19.9. The van der Waals surface area contributed by atoms with Crippen molar-refractivity contribution >= 4 is 44.6 Å². The summed E-state index contributed by atoms with van der Waals surface area (Å²) < 4.78 is 0. The summed E-state index contributed by atoms with van der Waals surface area (Å²) >= 11 is 2.14. The zero-order chi connectivity index (χ0) is 35.4. The van der Waals surface area contributed by atoms with Crippen molar-refractivity contribution < 1.29 is 0 Å². The molecule has 53 heavy (non-hydrogen) atoms. The molecule has 8 aliphatic rings. The van der Waals surface area contributed by atoms with Gasteiger partial charge in [-0.1, -0.05) is 163 Å². The highest BCUT2D eigenvalue weighted by atomic mass is 32.2. The molecule has 3 aliphatic heterocycles. The molecule has 11 rings (SSSR count). The highest BCUT2D eigenvalue weighted by Gasteiger charge is 2.49. The highest BCUT2D eigenvalue weighted by Crippen LogP contribution is 2.58. The Bertz CT molecular complexity index is 2430. The number of thioether (sulfide) groups is 1. The Morgan fingerprint density at radius 1 is 0.868 bits per heavy atom.